The second-order valence-corrected chi connectivity index (χ2v) is 6.84. The highest BCUT2D eigenvalue weighted by atomic mass is 16.6. The average Bonchev–Trinajstić information content (AvgIpc) is 2.80. The van der Waals surface area contributed by atoms with Crippen molar-refractivity contribution in [1.29, 1.82) is 0 Å². The molecule has 0 saturated carbocycles. The number of nitrogens with one attached hydrogen (secondary N) is 2. The lowest BCUT2D eigenvalue weighted by atomic mass is 10.2. The number of ether oxygens (including phenoxy) is 1. The molecule has 1 rings (SSSR count). The van der Waals surface area contributed by atoms with Crippen LogP contribution >= 0.6 is 0 Å². The van der Waals surface area contributed by atoms with Gasteiger partial charge < -0.3 is 15.4 Å². The van der Waals surface area contributed by atoms with Gasteiger partial charge in [0, 0.05) is 31.7 Å². The van der Waals surface area contributed by atoms with Gasteiger partial charge in [-0.05, 0) is 47.6 Å². The summed E-state index contributed by atoms with van der Waals surface area (Å²) in [6.07, 6.45) is 4.84. The Morgan fingerprint density at radius 1 is 1.33 bits per heavy atom. The Hall–Kier alpha value is -1.07. The Bertz CT molecular complexity index is 348. The van der Waals surface area contributed by atoms with Crippen molar-refractivity contribution in [3.63, 3.8) is 0 Å². The average molecular weight is 297 g/mol. The van der Waals surface area contributed by atoms with Crippen molar-refractivity contribution in [3.8, 4) is 0 Å². The number of carbonyl (C=O) groups is 1. The molecule has 0 aromatic carbocycles. The molecule has 5 nitrogen and oxygen atoms in total. The lowest BCUT2D eigenvalue weighted by Crippen LogP contribution is -2.35. The fraction of sp³-hybridized carbons (Fsp3) is 0.812. The maximum atomic E-state index is 11.4. The van der Waals surface area contributed by atoms with E-state index in [0.717, 1.165) is 13.1 Å². The summed E-state index contributed by atoms with van der Waals surface area (Å²) in [6, 6.07) is 1.21. The zero-order valence-electron chi connectivity index (χ0n) is 14.1. The molecule has 0 aliphatic carbocycles. The van der Waals surface area contributed by atoms with Crippen LogP contribution in [0.4, 0.5) is 4.79 Å². The summed E-state index contributed by atoms with van der Waals surface area (Å²) in [4.78, 5) is 13.9. The first-order chi connectivity index (χ1) is 9.78. The Morgan fingerprint density at radius 2 is 2.00 bits per heavy atom. The summed E-state index contributed by atoms with van der Waals surface area (Å²) < 4.78 is 5.15. The molecule has 1 aliphatic rings. The normalized spacial score (nSPS) is 20.4. The molecule has 1 aliphatic heterocycles. The van der Waals surface area contributed by atoms with E-state index in [-0.39, 0.29) is 6.09 Å². The third-order valence-corrected chi connectivity index (χ3v) is 3.40. The first-order valence-electron chi connectivity index (χ1n) is 7.87. The quantitative estimate of drug-likeness (QED) is 0.738. The number of rotatable bonds is 6. The van der Waals surface area contributed by atoms with E-state index in [1.807, 2.05) is 26.8 Å². The number of alkyl carbamates (subject to hydrolysis) is 1. The Kier molecular flexibility index (Phi) is 7.18. The second-order valence-electron chi connectivity index (χ2n) is 6.84. The van der Waals surface area contributed by atoms with Crippen LogP contribution in [0.1, 0.15) is 41.0 Å². The van der Waals surface area contributed by atoms with Crippen LogP contribution < -0.4 is 10.6 Å². The largest absolute Gasteiger partial charge is 0.444 e. The van der Waals surface area contributed by atoms with E-state index in [1.54, 1.807) is 0 Å². The van der Waals surface area contributed by atoms with Gasteiger partial charge in [-0.3, -0.25) is 4.90 Å². The van der Waals surface area contributed by atoms with Crippen LogP contribution in [0, 0.1) is 0 Å². The van der Waals surface area contributed by atoms with Gasteiger partial charge in [-0.15, -0.1) is 0 Å². The molecule has 0 radical (unpaired) electrons. The lowest BCUT2D eigenvalue weighted by Gasteiger charge is -2.20. The fourth-order valence-electron chi connectivity index (χ4n) is 2.28. The summed E-state index contributed by atoms with van der Waals surface area (Å²) in [5, 5.41) is 6.23. The molecule has 1 atom stereocenters. The van der Waals surface area contributed by atoms with Crippen molar-refractivity contribution in [1.82, 2.24) is 15.5 Å². The molecule has 0 bridgehead atoms. The molecule has 1 amide bonds. The maximum Gasteiger partial charge on any atom is 0.407 e. The monoisotopic (exact) mass is 297 g/mol. The van der Waals surface area contributed by atoms with Crippen LogP contribution in [0.5, 0.6) is 0 Å². The minimum Gasteiger partial charge on any atom is -0.444 e. The molecule has 0 spiro atoms. The zero-order chi connectivity index (χ0) is 15.9. The molecule has 0 aromatic heterocycles. The van der Waals surface area contributed by atoms with Gasteiger partial charge in [-0.1, -0.05) is 12.2 Å². The minimum atomic E-state index is -0.444. The fourth-order valence-corrected chi connectivity index (χ4v) is 2.28. The van der Waals surface area contributed by atoms with E-state index in [2.05, 4.69) is 35.5 Å². The number of carbonyl (C=O) groups excluding carboxylic acids is 1. The third kappa shape index (κ3) is 8.07. The van der Waals surface area contributed by atoms with Gasteiger partial charge in [-0.25, -0.2) is 4.79 Å². The number of nitrogens with zero attached hydrogens (tertiary/aromatic N) is 1. The smallest absolute Gasteiger partial charge is 0.407 e. The molecule has 1 heterocycles. The predicted octanol–water partition coefficient (Wildman–Crippen LogP) is 2.14. The SMILES string of the molecule is CC(C)N1CCC(NC/C=C/CNC(=O)OC(C)(C)C)C1. The Balaban J connectivity index is 2.07. The molecule has 1 saturated heterocycles. The van der Waals surface area contributed by atoms with Crippen LogP contribution in [0.3, 0.4) is 0 Å². The van der Waals surface area contributed by atoms with Crippen molar-refractivity contribution in [2.24, 2.45) is 0 Å². The zero-order valence-corrected chi connectivity index (χ0v) is 14.1. The Morgan fingerprint density at radius 3 is 2.57 bits per heavy atom. The van der Waals surface area contributed by atoms with Crippen molar-refractivity contribution < 1.29 is 9.53 Å². The third-order valence-electron chi connectivity index (χ3n) is 3.40. The number of hydrogen-bond donors (Lipinski definition) is 2. The summed E-state index contributed by atoms with van der Waals surface area (Å²) in [6.45, 7) is 13.7. The molecule has 2 N–H and O–H groups in total. The number of likely N-dealkylation sites (tertiary alicyclic amines) is 1. The van der Waals surface area contributed by atoms with Gasteiger partial charge in [0.25, 0.3) is 0 Å². The molecule has 21 heavy (non-hydrogen) atoms. The second kappa shape index (κ2) is 8.39. The summed E-state index contributed by atoms with van der Waals surface area (Å²) in [5.74, 6) is 0. The molecule has 0 aromatic rings. The first kappa shape index (κ1) is 18.0. The summed E-state index contributed by atoms with van der Waals surface area (Å²) in [7, 11) is 0. The van der Waals surface area contributed by atoms with Crippen LogP contribution in [-0.4, -0.2) is 54.9 Å². The molecule has 1 unspecified atom stereocenters. The Labute approximate surface area is 129 Å². The van der Waals surface area contributed by atoms with Gasteiger partial charge in [0.05, 0.1) is 0 Å². The van der Waals surface area contributed by atoms with Gasteiger partial charge in [0.2, 0.25) is 0 Å². The number of hydrogen-bond acceptors (Lipinski definition) is 4. The highest BCUT2D eigenvalue weighted by Gasteiger charge is 2.22. The highest BCUT2D eigenvalue weighted by molar-refractivity contribution is 5.67. The van der Waals surface area contributed by atoms with Gasteiger partial charge in [0.1, 0.15) is 5.60 Å². The van der Waals surface area contributed by atoms with Crippen LogP contribution in [0.15, 0.2) is 12.2 Å². The minimum absolute atomic E-state index is 0.372. The number of amides is 1. The van der Waals surface area contributed by atoms with E-state index in [1.165, 1.54) is 13.0 Å². The highest BCUT2D eigenvalue weighted by Crippen LogP contribution is 2.11. The maximum absolute atomic E-state index is 11.4. The van der Waals surface area contributed by atoms with Crippen molar-refractivity contribution >= 4 is 6.09 Å². The standard InChI is InChI=1S/C16H31N3O2/c1-13(2)19-11-8-14(12-19)17-9-6-7-10-18-15(20)21-16(3,4)5/h6-7,13-14,17H,8-12H2,1-5H3,(H,18,20)/b7-6+. The predicted molar refractivity (Wildman–Crippen MR) is 86.5 cm³/mol. The first-order valence-corrected chi connectivity index (χ1v) is 7.87. The molecular formula is C16H31N3O2. The van der Waals surface area contributed by atoms with E-state index in [0.29, 0.717) is 18.6 Å². The van der Waals surface area contributed by atoms with Crippen LogP contribution in [-0.2, 0) is 4.74 Å². The van der Waals surface area contributed by atoms with Gasteiger partial charge in [-0.2, -0.15) is 0 Å². The van der Waals surface area contributed by atoms with E-state index in [4.69, 9.17) is 4.74 Å². The van der Waals surface area contributed by atoms with Gasteiger partial charge >= 0.3 is 6.09 Å². The molecule has 1 fully saturated rings. The van der Waals surface area contributed by atoms with E-state index < -0.39 is 5.60 Å². The van der Waals surface area contributed by atoms with Crippen molar-refractivity contribution in [2.45, 2.75) is 58.7 Å². The van der Waals surface area contributed by atoms with Crippen LogP contribution in [0.25, 0.3) is 0 Å². The topological polar surface area (TPSA) is 53.6 Å². The lowest BCUT2D eigenvalue weighted by molar-refractivity contribution is 0.0534. The van der Waals surface area contributed by atoms with Gasteiger partial charge in [0.15, 0.2) is 0 Å². The van der Waals surface area contributed by atoms with E-state index >= 15 is 0 Å². The summed E-state index contributed by atoms with van der Waals surface area (Å²) >= 11 is 0. The van der Waals surface area contributed by atoms with Crippen LogP contribution in [0.2, 0.25) is 0 Å². The summed E-state index contributed by atoms with van der Waals surface area (Å²) in [5.41, 5.74) is -0.444. The van der Waals surface area contributed by atoms with E-state index in [9.17, 15) is 4.79 Å². The molecular weight excluding hydrogens is 266 g/mol. The molecule has 122 valence electrons. The van der Waals surface area contributed by atoms with Crippen molar-refractivity contribution in [3.05, 3.63) is 12.2 Å². The van der Waals surface area contributed by atoms with Crippen molar-refractivity contribution in [2.75, 3.05) is 26.2 Å². The molecule has 5 heteroatoms.